The summed E-state index contributed by atoms with van der Waals surface area (Å²) in [5.41, 5.74) is 8.44. The molecule has 1 aliphatic heterocycles. The van der Waals surface area contributed by atoms with Crippen molar-refractivity contribution in [1.29, 1.82) is 0 Å². The van der Waals surface area contributed by atoms with Crippen LogP contribution >= 0.6 is 0 Å². The smallest absolute Gasteiger partial charge is 0.0710 e. The molecule has 1 aromatic rings. The molecule has 1 saturated heterocycles. The van der Waals surface area contributed by atoms with E-state index in [0.29, 0.717) is 6.10 Å². The highest BCUT2D eigenvalue weighted by Crippen LogP contribution is 2.43. The van der Waals surface area contributed by atoms with Gasteiger partial charge in [0.05, 0.1) is 11.7 Å². The van der Waals surface area contributed by atoms with Crippen LogP contribution in [0.3, 0.4) is 0 Å². The molecule has 1 heterocycles. The fourth-order valence-corrected chi connectivity index (χ4v) is 3.92. The predicted octanol–water partition coefficient (Wildman–Crippen LogP) is 3.58. The van der Waals surface area contributed by atoms with Crippen molar-refractivity contribution in [2.45, 2.75) is 63.7 Å². The zero-order valence-corrected chi connectivity index (χ0v) is 13.2. The molecule has 0 bridgehead atoms. The second-order valence-electron chi connectivity index (χ2n) is 6.70. The van der Waals surface area contributed by atoms with Gasteiger partial charge in [0.15, 0.2) is 0 Å². The van der Waals surface area contributed by atoms with E-state index in [4.69, 9.17) is 10.5 Å². The molecule has 1 unspecified atom stereocenters. The lowest BCUT2D eigenvalue weighted by atomic mass is 9.98. The Hall–Kier alpha value is -1.06. The molecule has 1 spiro atoms. The van der Waals surface area contributed by atoms with Crippen LogP contribution in [0.2, 0.25) is 0 Å². The fraction of sp³-hybridized carbons (Fsp3) is 0.667. The Morgan fingerprint density at radius 3 is 2.71 bits per heavy atom. The number of hydrogen-bond donors (Lipinski definition) is 1. The number of para-hydroxylation sites is 1. The fourth-order valence-electron chi connectivity index (χ4n) is 3.92. The molecule has 2 fully saturated rings. The second kappa shape index (κ2) is 6.37. The third-order valence-corrected chi connectivity index (χ3v) is 5.21. The van der Waals surface area contributed by atoms with E-state index in [1.165, 1.54) is 44.1 Å². The summed E-state index contributed by atoms with van der Waals surface area (Å²) in [7, 11) is 0. The average Bonchev–Trinajstić information content (AvgIpc) is 3.11. The molecule has 21 heavy (non-hydrogen) atoms. The van der Waals surface area contributed by atoms with Crippen molar-refractivity contribution < 1.29 is 4.74 Å². The van der Waals surface area contributed by atoms with Crippen LogP contribution in [0.15, 0.2) is 24.3 Å². The molecule has 0 amide bonds. The van der Waals surface area contributed by atoms with Gasteiger partial charge in [0.2, 0.25) is 0 Å². The van der Waals surface area contributed by atoms with Crippen LogP contribution in [0, 0.1) is 0 Å². The van der Waals surface area contributed by atoms with Crippen molar-refractivity contribution >= 4 is 5.69 Å². The molecule has 3 heteroatoms. The number of nitrogens with two attached hydrogens (primary N) is 1. The first-order chi connectivity index (χ1) is 10.2. The topological polar surface area (TPSA) is 38.5 Å². The lowest BCUT2D eigenvalue weighted by molar-refractivity contribution is -0.0476. The molecule has 0 radical (unpaired) electrons. The summed E-state index contributed by atoms with van der Waals surface area (Å²) >= 11 is 0. The highest BCUT2D eigenvalue weighted by atomic mass is 16.5. The average molecular weight is 288 g/mol. The zero-order valence-electron chi connectivity index (χ0n) is 13.2. The first-order valence-corrected chi connectivity index (χ1v) is 8.44. The third-order valence-electron chi connectivity index (χ3n) is 5.21. The third kappa shape index (κ3) is 3.41. The van der Waals surface area contributed by atoms with Crippen LogP contribution in [0.5, 0.6) is 0 Å². The largest absolute Gasteiger partial charge is 0.398 e. The Balaban J connectivity index is 1.57. The summed E-state index contributed by atoms with van der Waals surface area (Å²) in [6.45, 7) is 5.23. The molecule has 0 aromatic heterocycles. The number of hydrogen-bond acceptors (Lipinski definition) is 3. The van der Waals surface area contributed by atoms with Gasteiger partial charge in [-0.3, -0.25) is 4.90 Å². The predicted molar refractivity (Wildman–Crippen MR) is 87.1 cm³/mol. The molecule has 1 saturated carbocycles. The second-order valence-corrected chi connectivity index (χ2v) is 6.70. The van der Waals surface area contributed by atoms with Crippen molar-refractivity contribution in [1.82, 2.24) is 4.90 Å². The maximum Gasteiger partial charge on any atom is 0.0710 e. The van der Waals surface area contributed by atoms with Crippen LogP contribution in [-0.2, 0) is 11.3 Å². The van der Waals surface area contributed by atoms with Gasteiger partial charge >= 0.3 is 0 Å². The van der Waals surface area contributed by atoms with E-state index >= 15 is 0 Å². The van der Waals surface area contributed by atoms with Gasteiger partial charge in [-0.2, -0.15) is 0 Å². The minimum absolute atomic E-state index is 0.246. The quantitative estimate of drug-likeness (QED) is 0.842. The van der Waals surface area contributed by atoms with Crippen molar-refractivity contribution in [3.8, 4) is 0 Å². The summed E-state index contributed by atoms with van der Waals surface area (Å²) in [5.74, 6) is 0. The Labute approximate surface area is 128 Å². The van der Waals surface area contributed by atoms with Gasteiger partial charge in [0, 0.05) is 18.8 Å². The van der Waals surface area contributed by atoms with E-state index < -0.39 is 0 Å². The van der Waals surface area contributed by atoms with Gasteiger partial charge in [-0.1, -0.05) is 38.0 Å². The van der Waals surface area contributed by atoms with Gasteiger partial charge in [0.1, 0.15) is 0 Å². The lowest BCUT2D eigenvalue weighted by Gasteiger charge is -2.28. The van der Waals surface area contributed by atoms with Crippen molar-refractivity contribution in [3.05, 3.63) is 29.8 Å². The van der Waals surface area contributed by atoms with Gasteiger partial charge in [-0.15, -0.1) is 0 Å². The van der Waals surface area contributed by atoms with E-state index in [0.717, 1.165) is 25.3 Å². The monoisotopic (exact) mass is 288 g/mol. The van der Waals surface area contributed by atoms with Gasteiger partial charge in [0.25, 0.3) is 0 Å². The maximum absolute atomic E-state index is 6.44. The summed E-state index contributed by atoms with van der Waals surface area (Å²) in [6.07, 6.45) is 8.16. The van der Waals surface area contributed by atoms with Crippen molar-refractivity contribution in [3.63, 3.8) is 0 Å². The number of nitrogen functional groups attached to an aromatic ring is 1. The Morgan fingerprint density at radius 1 is 1.24 bits per heavy atom. The number of benzene rings is 1. The molecule has 1 aliphatic carbocycles. The molecule has 2 N–H and O–H groups in total. The summed E-state index contributed by atoms with van der Waals surface area (Å²) in [4.78, 5) is 2.46. The number of nitrogens with zero attached hydrogens (tertiary/aromatic N) is 1. The van der Waals surface area contributed by atoms with E-state index in [9.17, 15) is 0 Å². The first-order valence-electron chi connectivity index (χ1n) is 8.44. The zero-order chi connectivity index (χ0) is 14.7. The van der Waals surface area contributed by atoms with Gasteiger partial charge in [-0.05, 0) is 43.9 Å². The maximum atomic E-state index is 6.44. The minimum Gasteiger partial charge on any atom is -0.398 e. The van der Waals surface area contributed by atoms with Crippen molar-refractivity contribution in [2.24, 2.45) is 0 Å². The van der Waals surface area contributed by atoms with E-state index in [-0.39, 0.29) is 5.60 Å². The Bertz CT molecular complexity index is 468. The SMILES string of the molecule is CCN(Cc1ccccc1N)CC1CCC2(CCCC2)O1. The molecule has 1 aromatic carbocycles. The standard InChI is InChI=1S/C18H28N2O/c1-2-20(13-15-7-3-4-8-17(15)19)14-16-9-12-18(21-16)10-5-6-11-18/h3-4,7-8,16H,2,5-6,9-14,19H2,1H3. The first kappa shape index (κ1) is 14.9. The molecule has 2 aliphatic rings. The van der Waals surface area contributed by atoms with E-state index in [1.807, 2.05) is 12.1 Å². The minimum atomic E-state index is 0.246. The number of ether oxygens (including phenoxy) is 1. The van der Waals surface area contributed by atoms with Crippen LogP contribution in [0.25, 0.3) is 0 Å². The van der Waals surface area contributed by atoms with E-state index in [1.54, 1.807) is 0 Å². The van der Waals surface area contributed by atoms with Crippen molar-refractivity contribution in [2.75, 3.05) is 18.8 Å². The molecule has 116 valence electrons. The number of rotatable bonds is 5. The Morgan fingerprint density at radius 2 is 2.00 bits per heavy atom. The van der Waals surface area contributed by atoms with Crippen LogP contribution < -0.4 is 5.73 Å². The van der Waals surface area contributed by atoms with Crippen LogP contribution in [-0.4, -0.2) is 29.7 Å². The van der Waals surface area contributed by atoms with Crippen LogP contribution in [0.4, 0.5) is 5.69 Å². The lowest BCUT2D eigenvalue weighted by Crippen LogP contribution is -2.34. The summed E-state index contributed by atoms with van der Waals surface area (Å²) < 4.78 is 6.44. The Kier molecular flexibility index (Phi) is 4.51. The normalized spacial score (nSPS) is 24.2. The highest BCUT2D eigenvalue weighted by Gasteiger charge is 2.42. The summed E-state index contributed by atoms with van der Waals surface area (Å²) in [5, 5.41) is 0. The number of anilines is 1. The molecular formula is C18H28N2O. The van der Waals surface area contributed by atoms with Gasteiger partial charge in [-0.25, -0.2) is 0 Å². The van der Waals surface area contributed by atoms with Gasteiger partial charge < -0.3 is 10.5 Å². The highest BCUT2D eigenvalue weighted by molar-refractivity contribution is 5.46. The number of likely N-dealkylation sites (N-methyl/N-ethyl adjacent to an activating group) is 1. The molecular weight excluding hydrogens is 260 g/mol. The van der Waals surface area contributed by atoms with Crippen LogP contribution in [0.1, 0.15) is 51.0 Å². The molecule has 3 rings (SSSR count). The van der Waals surface area contributed by atoms with E-state index in [2.05, 4.69) is 24.0 Å². The summed E-state index contributed by atoms with van der Waals surface area (Å²) in [6, 6.07) is 8.19. The molecule has 3 nitrogen and oxygen atoms in total. The molecule has 1 atom stereocenters.